The number of hydrogen-bond donors (Lipinski definition) is 0. The van der Waals surface area contributed by atoms with Gasteiger partial charge in [-0.25, -0.2) is 0 Å². The summed E-state index contributed by atoms with van der Waals surface area (Å²) < 4.78 is -0.191. The molecular formula is C15H25NO2S2. The maximum atomic E-state index is 12.5. The van der Waals surface area contributed by atoms with Gasteiger partial charge in [0.25, 0.3) is 11.8 Å². The molecule has 1 aliphatic rings. The van der Waals surface area contributed by atoms with Crippen LogP contribution in [0.3, 0.4) is 0 Å². The predicted octanol–water partition coefficient (Wildman–Crippen LogP) is 4.04. The van der Waals surface area contributed by atoms with Gasteiger partial charge in [0.05, 0.1) is 9.81 Å². The van der Waals surface area contributed by atoms with Crippen molar-refractivity contribution in [3.05, 3.63) is 9.81 Å². The molecule has 0 atom stereocenters. The summed E-state index contributed by atoms with van der Waals surface area (Å²) in [6.07, 6.45) is 0. The molecule has 0 aromatic carbocycles. The van der Waals surface area contributed by atoms with Crippen LogP contribution in [0, 0.1) is 0 Å². The molecule has 20 heavy (non-hydrogen) atoms. The molecule has 2 amide bonds. The van der Waals surface area contributed by atoms with Gasteiger partial charge >= 0.3 is 0 Å². The van der Waals surface area contributed by atoms with Gasteiger partial charge in [-0.15, -0.1) is 23.5 Å². The fourth-order valence-corrected chi connectivity index (χ4v) is 3.97. The zero-order valence-electron chi connectivity index (χ0n) is 13.7. The van der Waals surface area contributed by atoms with E-state index in [1.807, 2.05) is 13.8 Å². The molecule has 3 nitrogen and oxygen atoms in total. The molecule has 5 heteroatoms. The van der Waals surface area contributed by atoms with Gasteiger partial charge in [0.1, 0.15) is 0 Å². The van der Waals surface area contributed by atoms with Crippen LogP contribution < -0.4 is 0 Å². The highest BCUT2D eigenvalue weighted by molar-refractivity contribution is 8.09. The van der Waals surface area contributed by atoms with Crippen LogP contribution in [-0.2, 0) is 9.59 Å². The number of nitrogens with zero attached hydrogens (tertiary/aromatic N) is 1. The molecule has 0 saturated carbocycles. The fraction of sp³-hybridized carbons (Fsp3) is 0.733. The van der Waals surface area contributed by atoms with E-state index in [1.54, 1.807) is 0 Å². The van der Waals surface area contributed by atoms with Crippen molar-refractivity contribution in [3.8, 4) is 0 Å². The van der Waals surface area contributed by atoms with E-state index in [9.17, 15) is 9.59 Å². The third-order valence-corrected chi connectivity index (χ3v) is 4.88. The minimum Gasteiger partial charge on any atom is -0.271 e. The average Bonchev–Trinajstić information content (AvgIpc) is 2.38. The molecule has 0 aromatic heterocycles. The largest absolute Gasteiger partial charge is 0.271 e. The highest BCUT2D eigenvalue weighted by Gasteiger charge is 2.42. The first kappa shape index (κ1) is 17.6. The van der Waals surface area contributed by atoms with Gasteiger partial charge in [0, 0.05) is 15.5 Å². The zero-order valence-corrected chi connectivity index (χ0v) is 15.3. The third-order valence-electron chi connectivity index (χ3n) is 2.37. The Morgan fingerprint density at radius 2 is 1.10 bits per heavy atom. The molecule has 0 radical (unpaired) electrons. The quantitative estimate of drug-likeness (QED) is 0.737. The van der Waals surface area contributed by atoms with Crippen molar-refractivity contribution in [1.82, 2.24) is 4.90 Å². The van der Waals surface area contributed by atoms with E-state index in [2.05, 4.69) is 41.5 Å². The molecule has 0 saturated heterocycles. The summed E-state index contributed by atoms with van der Waals surface area (Å²) in [4.78, 5) is 27.7. The first-order chi connectivity index (χ1) is 8.83. The second-order valence-electron chi connectivity index (χ2n) is 7.16. The van der Waals surface area contributed by atoms with Crippen molar-refractivity contribution in [1.29, 1.82) is 0 Å². The summed E-state index contributed by atoms with van der Waals surface area (Å²) in [5.74, 6) is -0.284. The Balaban J connectivity index is 3.24. The van der Waals surface area contributed by atoms with Gasteiger partial charge in [-0.2, -0.15) is 0 Å². The standard InChI is InChI=1S/C15H25NO2S2/c1-9(2)16-12(17)10(19-14(3,4)5)11(13(16)18)20-15(6,7)8/h9H,1-8H3. The highest BCUT2D eigenvalue weighted by Crippen LogP contribution is 2.45. The molecule has 1 rings (SSSR count). The number of hydrogen-bond acceptors (Lipinski definition) is 4. The number of carbonyl (C=O) groups is 2. The third kappa shape index (κ3) is 4.29. The van der Waals surface area contributed by atoms with Crippen LogP contribution in [0.2, 0.25) is 0 Å². The first-order valence-corrected chi connectivity index (χ1v) is 8.47. The molecule has 1 heterocycles. The average molecular weight is 316 g/mol. The van der Waals surface area contributed by atoms with Crippen LogP contribution in [-0.4, -0.2) is 32.3 Å². The lowest BCUT2D eigenvalue weighted by atomic mass is 10.3. The summed E-state index contributed by atoms with van der Waals surface area (Å²) in [6, 6.07) is -0.108. The second kappa shape index (κ2) is 5.76. The molecule has 114 valence electrons. The molecule has 0 aromatic rings. The van der Waals surface area contributed by atoms with E-state index in [1.165, 1.54) is 28.4 Å². The Kier molecular flexibility index (Phi) is 5.08. The van der Waals surface area contributed by atoms with E-state index in [0.29, 0.717) is 9.81 Å². The van der Waals surface area contributed by atoms with Crippen LogP contribution in [0.15, 0.2) is 9.81 Å². The van der Waals surface area contributed by atoms with Crippen LogP contribution in [0.25, 0.3) is 0 Å². The normalized spacial score (nSPS) is 17.8. The summed E-state index contributed by atoms with van der Waals surface area (Å²) in [6.45, 7) is 16.1. The van der Waals surface area contributed by atoms with E-state index < -0.39 is 0 Å². The van der Waals surface area contributed by atoms with Gasteiger partial charge < -0.3 is 0 Å². The molecule has 0 aliphatic carbocycles. The van der Waals surface area contributed by atoms with Gasteiger partial charge in [0.15, 0.2) is 0 Å². The number of carbonyl (C=O) groups excluding carboxylic acids is 2. The molecule has 0 N–H and O–H groups in total. The lowest BCUT2D eigenvalue weighted by Crippen LogP contribution is -2.37. The molecule has 1 aliphatic heterocycles. The van der Waals surface area contributed by atoms with Crippen LogP contribution in [0.5, 0.6) is 0 Å². The summed E-state index contributed by atoms with van der Waals surface area (Å²) in [5, 5.41) is 0. The fourth-order valence-electron chi connectivity index (χ4n) is 1.77. The van der Waals surface area contributed by atoms with Crippen LogP contribution >= 0.6 is 23.5 Å². The van der Waals surface area contributed by atoms with Crippen molar-refractivity contribution in [3.63, 3.8) is 0 Å². The van der Waals surface area contributed by atoms with Gasteiger partial charge in [-0.3, -0.25) is 14.5 Å². The lowest BCUT2D eigenvalue weighted by Gasteiger charge is -2.21. The smallest absolute Gasteiger partial charge is 0.268 e. The maximum Gasteiger partial charge on any atom is 0.268 e. The Bertz CT molecular complexity index is 415. The SMILES string of the molecule is CC(C)N1C(=O)C(SC(C)(C)C)=C(SC(C)(C)C)C1=O. The Hall–Kier alpha value is -0.420. The summed E-state index contributed by atoms with van der Waals surface area (Å²) in [5.41, 5.74) is 0. The van der Waals surface area contributed by atoms with Crippen molar-refractivity contribution in [2.24, 2.45) is 0 Å². The zero-order chi connectivity index (χ0) is 15.9. The highest BCUT2D eigenvalue weighted by atomic mass is 32.2. The monoisotopic (exact) mass is 315 g/mol. The maximum absolute atomic E-state index is 12.5. The van der Waals surface area contributed by atoms with Crippen LogP contribution in [0.1, 0.15) is 55.4 Å². The summed E-state index contributed by atoms with van der Waals surface area (Å²) in [7, 11) is 0. The van der Waals surface area contributed by atoms with E-state index in [4.69, 9.17) is 0 Å². The summed E-state index contributed by atoms with van der Waals surface area (Å²) >= 11 is 2.99. The number of amides is 2. The Morgan fingerprint density at radius 1 is 0.800 bits per heavy atom. The number of imide groups is 1. The van der Waals surface area contributed by atoms with E-state index >= 15 is 0 Å². The molecule has 0 spiro atoms. The molecule has 0 fully saturated rings. The van der Waals surface area contributed by atoms with Gasteiger partial charge in [0.2, 0.25) is 0 Å². The number of rotatable bonds is 3. The van der Waals surface area contributed by atoms with Crippen LogP contribution in [0.4, 0.5) is 0 Å². The van der Waals surface area contributed by atoms with Crippen molar-refractivity contribution < 1.29 is 9.59 Å². The molecule has 0 unspecified atom stereocenters. The first-order valence-electron chi connectivity index (χ1n) is 6.83. The van der Waals surface area contributed by atoms with Crippen molar-refractivity contribution in [2.75, 3.05) is 0 Å². The van der Waals surface area contributed by atoms with Gasteiger partial charge in [-0.05, 0) is 13.8 Å². The Labute approximate surface area is 130 Å². The topological polar surface area (TPSA) is 37.4 Å². The van der Waals surface area contributed by atoms with E-state index in [0.717, 1.165) is 0 Å². The second-order valence-corrected chi connectivity index (χ2v) is 10.8. The van der Waals surface area contributed by atoms with E-state index in [-0.39, 0.29) is 27.4 Å². The van der Waals surface area contributed by atoms with Gasteiger partial charge in [-0.1, -0.05) is 41.5 Å². The molecule has 0 bridgehead atoms. The number of thioether (sulfide) groups is 2. The minimum atomic E-state index is -0.142. The van der Waals surface area contributed by atoms with Crippen molar-refractivity contribution in [2.45, 2.75) is 70.9 Å². The molecular weight excluding hydrogens is 290 g/mol. The van der Waals surface area contributed by atoms with Crippen molar-refractivity contribution >= 4 is 35.3 Å². The lowest BCUT2D eigenvalue weighted by molar-refractivity contribution is -0.138. The Morgan fingerprint density at radius 3 is 1.30 bits per heavy atom. The minimum absolute atomic E-state index is 0.0953. The predicted molar refractivity (Wildman–Crippen MR) is 88.7 cm³/mol.